The SMILES string of the molecule is CN(C)c1ccc(NC(=O)C2CCC2)cc1CN(Cc1ccc(F)cc1)C(=O)C1CC1. The number of nitrogens with one attached hydrogen (secondary N) is 1. The monoisotopic (exact) mass is 423 g/mol. The Morgan fingerprint density at radius 1 is 0.968 bits per heavy atom. The molecule has 0 unspecified atom stereocenters. The van der Waals surface area contributed by atoms with Crippen molar-refractivity contribution in [3.05, 3.63) is 59.4 Å². The molecule has 2 saturated carbocycles. The standard InChI is InChI=1S/C25H30FN3O2/c1-28(2)23-13-12-22(27-24(30)18-4-3-5-18)14-20(23)16-29(25(31)19-8-9-19)15-17-6-10-21(26)11-7-17/h6-7,10-14,18-19H,3-5,8-9,15-16H2,1-2H3,(H,27,30). The lowest BCUT2D eigenvalue weighted by Gasteiger charge is -2.27. The van der Waals surface area contributed by atoms with Gasteiger partial charge in [0.25, 0.3) is 0 Å². The van der Waals surface area contributed by atoms with E-state index in [1.807, 2.05) is 42.1 Å². The van der Waals surface area contributed by atoms with Gasteiger partial charge in [0, 0.05) is 50.4 Å². The molecule has 5 nitrogen and oxygen atoms in total. The lowest BCUT2D eigenvalue weighted by Crippen LogP contribution is -2.32. The summed E-state index contributed by atoms with van der Waals surface area (Å²) in [5.74, 6) is 0.131. The number of hydrogen-bond acceptors (Lipinski definition) is 3. The zero-order chi connectivity index (χ0) is 22.0. The molecular formula is C25H30FN3O2. The molecule has 164 valence electrons. The summed E-state index contributed by atoms with van der Waals surface area (Å²) in [6.07, 6.45) is 4.88. The average molecular weight is 424 g/mol. The third-order valence-corrected chi connectivity index (χ3v) is 6.19. The van der Waals surface area contributed by atoms with Crippen molar-refractivity contribution in [1.29, 1.82) is 0 Å². The Kier molecular flexibility index (Phi) is 6.25. The van der Waals surface area contributed by atoms with Gasteiger partial charge in [0.05, 0.1) is 0 Å². The van der Waals surface area contributed by atoms with Gasteiger partial charge in [0.2, 0.25) is 11.8 Å². The Balaban J connectivity index is 1.57. The van der Waals surface area contributed by atoms with Gasteiger partial charge in [0.1, 0.15) is 5.82 Å². The number of carbonyl (C=O) groups excluding carboxylic acids is 2. The van der Waals surface area contributed by atoms with Gasteiger partial charge in [-0.2, -0.15) is 0 Å². The Morgan fingerprint density at radius 2 is 1.68 bits per heavy atom. The maximum atomic E-state index is 13.3. The van der Waals surface area contributed by atoms with Crippen molar-refractivity contribution in [1.82, 2.24) is 4.90 Å². The number of amides is 2. The zero-order valence-electron chi connectivity index (χ0n) is 18.2. The lowest BCUT2D eigenvalue weighted by molar-refractivity contribution is -0.133. The van der Waals surface area contributed by atoms with Gasteiger partial charge < -0.3 is 15.1 Å². The molecule has 0 radical (unpaired) electrons. The molecule has 0 saturated heterocycles. The Labute approximate surface area is 183 Å². The van der Waals surface area contributed by atoms with Crippen LogP contribution < -0.4 is 10.2 Å². The minimum absolute atomic E-state index is 0.0760. The van der Waals surface area contributed by atoms with Crippen molar-refractivity contribution in [2.24, 2.45) is 11.8 Å². The van der Waals surface area contributed by atoms with Crippen LogP contribution in [0.1, 0.15) is 43.2 Å². The highest BCUT2D eigenvalue weighted by Gasteiger charge is 2.34. The first-order chi connectivity index (χ1) is 14.9. The van der Waals surface area contributed by atoms with Crippen LogP contribution in [-0.4, -0.2) is 30.8 Å². The van der Waals surface area contributed by atoms with Gasteiger partial charge in [-0.25, -0.2) is 4.39 Å². The summed E-state index contributed by atoms with van der Waals surface area (Å²) in [6.45, 7) is 0.870. The molecule has 4 rings (SSSR count). The van der Waals surface area contributed by atoms with E-state index in [-0.39, 0.29) is 29.5 Å². The molecule has 0 aliphatic heterocycles. The summed E-state index contributed by atoms with van der Waals surface area (Å²) in [5, 5.41) is 3.04. The number of rotatable bonds is 8. The van der Waals surface area contributed by atoms with Crippen LogP contribution in [0.3, 0.4) is 0 Å². The largest absolute Gasteiger partial charge is 0.377 e. The maximum absolute atomic E-state index is 13.3. The molecule has 0 bridgehead atoms. The summed E-state index contributed by atoms with van der Waals surface area (Å²) in [4.78, 5) is 29.3. The number of carbonyl (C=O) groups is 2. The van der Waals surface area contributed by atoms with E-state index < -0.39 is 0 Å². The van der Waals surface area contributed by atoms with E-state index in [1.54, 1.807) is 12.1 Å². The molecule has 2 fully saturated rings. The van der Waals surface area contributed by atoms with Crippen LogP contribution in [-0.2, 0) is 22.7 Å². The van der Waals surface area contributed by atoms with E-state index >= 15 is 0 Å². The predicted molar refractivity (Wildman–Crippen MR) is 120 cm³/mol. The number of benzene rings is 2. The predicted octanol–water partition coefficient (Wildman–Crippen LogP) is 4.57. The molecule has 2 aromatic rings. The fourth-order valence-electron chi connectivity index (χ4n) is 3.96. The molecule has 0 atom stereocenters. The van der Waals surface area contributed by atoms with Crippen LogP contribution in [0.5, 0.6) is 0 Å². The van der Waals surface area contributed by atoms with Crippen molar-refractivity contribution in [2.45, 2.75) is 45.2 Å². The number of nitrogens with zero attached hydrogens (tertiary/aromatic N) is 2. The molecule has 0 heterocycles. The minimum atomic E-state index is -0.284. The molecule has 2 aliphatic carbocycles. The van der Waals surface area contributed by atoms with Gasteiger partial charge in [-0.3, -0.25) is 9.59 Å². The molecular weight excluding hydrogens is 393 g/mol. The normalized spacial score (nSPS) is 15.8. The summed E-state index contributed by atoms with van der Waals surface area (Å²) in [5.41, 5.74) is 3.65. The first kappa shape index (κ1) is 21.3. The first-order valence-electron chi connectivity index (χ1n) is 11.0. The van der Waals surface area contributed by atoms with Crippen molar-refractivity contribution in [3.63, 3.8) is 0 Å². The number of halogens is 1. The lowest BCUT2D eigenvalue weighted by atomic mass is 9.85. The van der Waals surface area contributed by atoms with Crippen LogP contribution in [0.4, 0.5) is 15.8 Å². The first-order valence-corrected chi connectivity index (χ1v) is 11.0. The smallest absolute Gasteiger partial charge is 0.227 e. The summed E-state index contributed by atoms with van der Waals surface area (Å²) >= 11 is 0. The van der Waals surface area contributed by atoms with Crippen molar-refractivity contribution < 1.29 is 14.0 Å². The molecule has 1 N–H and O–H groups in total. The second kappa shape index (κ2) is 9.08. The molecule has 0 aromatic heterocycles. The van der Waals surface area contributed by atoms with Gasteiger partial charge in [0.15, 0.2) is 0 Å². The number of hydrogen-bond donors (Lipinski definition) is 1. The fourth-order valence-corrected chi connectivity index (χ4v) is 3.96. The minimum Gasteiger partial charge on any atom is -0.377 e. The quantitative estimate of drug-likeness (QED) is 0.677. The van der Waals surface area contributed by atoms with Gasteiger partial charge in [-0.1, -0.05) is 18.6 Å². The Bertz CT molecular complexity index is 950. The molecule has 2 amide bonds. The van der Waals surface area contributed by atoms with E-state index in [2.05, 4.69) is 5.32 Å². The van der Waals surface area contributed by atoms with Crippen LogP contribution in [0, 0.1) is 17.7 Å². The summed E-state index contributed by atoms with van der Waals surface area (Å²) < 4.78 is 13.3. The second-order valence-corrected chi connectivity index (χ2v) is 8.95. The number of anilines is 2. The van der Waals surface area contributed by atoms with Gasteiger partial charge >= 0.3 is 0 Å². The van der Waals surface area contributed by atoms with Crippen LogP contribution >= 0.6 is 0 Å². The zero-order valence-corrected chi connectivity index (χ0v) is 18.2. The van der Waals surface area contributed by atoms with E-state index in [1.165, 1.54) is 12.1 Å². The highest BCUT2D eigenvalue weighted by Crippen LogP contribution is 2.34. The van der Waals surface area contributed by atoms with Crippen molar-refractivity contribution in [3.8, 4) is 0 Å². The average Bonchev–Trinajstić information content (AvgIpc) is 3.52. The summed E-state index contributed by atoms with van der Waals surface area (Å²) in [7, 11) is 3.94. The van der Waals surface area contributed by atoms with Crippen molar-refractivity contribution >= 4 is 23.2 Å². The van der Waals surface area contributed by atoms with E-state index in [0.717, 1.165) is 54.6 Å². The second-order valence-electron chi connectivity index (χ2n) is 8.95. The molecule has 6 heteroatoms. The maximum Gasteiger partial charge on any atom is 0.227 e. The summed E-state index contributed by atoms with van der Waals surface area (Å²) in [6, 6.07) is 12.2. The third kappa shape index (κ3) is 5.24. The topological polar surface area (TPSA) is 52.7 Å². The van der Waals surface area contributed by atoms with Crippen LogP contribution in [0.15, 0.2) is 42.5 Å². The molecule has 2 aromatic carbocycles. The molecule has 2 aliphatic rings. The van der Waals surface area contributed by atoms with Gasteiger partial charge in [-0.15, -0.1) is 0 Å². The molecule has 0 spiro atoms. The van der Waals surface area contributed by atoms with Crippen LogP contribution in [0.2, 0.25) is 0 Å². The van der Waals surface area contributed by atoms with E-state index in [4.69, 9.17) is 0 Å². The van der Waals surface area contributed by atoms with E-state index in [9.17, 15) is 14.0 Å². The Hall–Kier alpha value is -2.89. The molecule has 31 heavy (non-hydrogen) atoms. The third-order valence-electron chi connectivity index (χ3n) is 6.19. The highest BCUT2D eigenvalue weighted by atomic mass is 19.1. The van der Waals surface area contributed by atoms with Gasteiger partial charge in [-0.05, 0) is 67.1 Å². The highest BCUT2D eigenvalue weighted by molar-refractivity contribution is 5.93. The Morgan fingerprint density at radius 3 is 2.26 bits per heavy atom. The fraction of sp³-hybridized carbons (Fsp3) is 0.440. The van der Waals surface area contributed by atoms with Crippen molar-refractivity contribution in [2.75, 3.05) is 24.3 Å². The van der Waals surface area contributed by atoms with E-state index in [0.29, 0.717) is 13.1 Å². The van der Waals surface area contributed by atoms with Crippen LogP contribution in [0.25, 0.3) is 0 Å².